The number of benzene rings is 5. The number of aromatic amines is 1. The number of urea groups is 1. The van der Waals surface area contributed by atoms with Crippen LogP contribution in [0.25, 0.3) is 11.1 Å². The molecular formula is C40H37N5O5S. The summed E-state index contributed by atoms with van der Waals surface area (Å²) in [5, 5.41) is 22.9. The highest BCUT2D eigenvalue weighted by atomic mass is 32.2. The average molecular weight is 700 g/mol. The molecule has 1 aliphatic rings. The molecule has 1 aromatic heterocycles. The highest BCUT2D eigenvalue weighted by molar-refractivity contribution is 7.99. The van der Waals surface area contributed by atoms with E-state index >= 15 is 0 Å². The molecule has 11 heteroatoms. The van der Waals surface area contributed by atoms with Gasteiger partial charge >= 0.3 is 6.03 Å². The lowest BCUT2D eigenvalue weighted by atomic mass is 9.99. The summed E-state index contributed by atoms with van der Waals surface area (Å²) in [6.45, 7) is 0.363. The molecule has 0 bridgehead atoms. The van der Waals surface area contributed by atoms with Crippen LogP contribution in [-0.4, -0.2) is 38.2 Å². The van der Waals surface area contributed by atoms with Gasteiger partial charge in [-0.25, -0.2) is 9.78 Å². The summed E-state index contributed by atoms with van der Waals surface area (Å²) in [6.07, 6.45) is 1.36. The number of hydrogen-bond donors (Lipinski definition) is 4. The van der Waals surface area contributed by atoms with Gasteiger partial charge in [0.05, 0.1) is 18.8 Å². The molecule has 5 aromatic carbocycles. The third kappa shape index (κ3) is 9.21. The van der Waals surface area contributed by atoms with Crippen LogP contribution in [0.2, 0.25) is 0 Å². The Bertz CT molecular complexity index is 1990. The minimum Gasteiger partial charge on any atom is -0.457 e. The van der Waals surface area contributed by atoms with E-state index in [2.05, 4.69) is 44.0 Å². The van der Waals surface area contributed by atoms with Crippen molar-refractivity contribution in [3.05, 3.63) is 156 Å². The number of para-hydroxylation sites is 1. The van der Waals surface area contributed by atoms with Gasteiger partial charge in [-0.3, -0.25) is 5.10 Å². The lowest BCUT2D eigenvalue weighted by Gasteiger charge is -2.36. The molecule has 1 saturated heterocycles. The fraction of sp³-hybridized carbons (Fsp3) is 0.175. The number of amides is 2. The van der Waals surface area contributed by atoms with Crippen molar-refractivity contribution in [2.24, 2.45) is 0 Å². The van der Waals surface area contributed by atoms with Crippen molar-refractivity contribution in [2.75, 3.05) is 11.1 Å². The molecule has 0 aliphatic carbocycles. The average Bonchev–Trinajstić information content (AvgIpc) is 3.72. The second-order valence-corrected chi connectivity index (χ2v) is 13.0. The number of hydrogen-bond acceptors (Lipinski definition) is 8. The predicted molar refractivity (Wildman–Crippen MR) is 196 cm³/mol. The number of carbonyl (C=O) groups is 1. The van der Waals surface area contributed by atoms with E-state index in [-0.39, 0.29) is 24.8 Å². The second-order valence-electron chi connectivity index (χ2n) is 12.0. The molecule has 2 heterocycles. The fourth-order valence-electron chi connectivity index (χ4n) is 5.74. The lowest BCUT2D eigenvalue weighted by molar-refractivity contribution is -0.245. The zero-order valence-electron chi connectivity index (χ0n) is 27.6. The van der Waals surface area contributed by atoms with Crippen LogP contribution >= 0.6 is 11.8 Å². The molecule has 258 valence electrons. The molecule has 51 heavy (non-hydrogen) atoms. The number of ether oxygens (including phenoxy) is 3. The standard InChI is InChI=1S/C40H37N5O5S/c46-24-27-9-11-30(12-10-27)37-22-36(25-51-40-42-26-43-45-40)49-38(50-37)31-15-13-29(14-16-31)32-6-4-5-28(21-32)23-41-39(47)44-33-17-19-35(20-18-33)48-34-7-2-1-3-8-34/h1-21,26,36-38,46H,22-25H2,(H2,41,44,47)(H,42,43,45)/t36-,37+,38+/m0/s1. The Morgan fingerprint density at radius 3 is 2.33 bits per heavy atom. The molecule has 4 N–H and O–H groups in total. The molecule has 0 spiro atoms. The Kier molecular flexibility index (Phi) is 11.0. The van der Waals surface area contributed by atoms with Crippen LogP contribution in [0.4, 0.5) is 10.5 Å². The number of nitrogens with one attached hydrogen (secondary N) is 3. The zero-order chi connectivity index (χ0) is 34.8. The number of aliphatic hydroxyl groups is 1. The van der Waals surface area contributed by atoms with Gasteiger partial charge in [0.15, 0.2) is 11.4 Å². The molecule has 1 aliphatic heterocycles. The van der Waals surface area contributed by atoms with E-state index in [0.717, 1.165) is 44.3 Å². The van der Waals surface area contributed by atoms with Crippen LogP contribution in [-0.2, 0) is 22.6 Å². The summed E-state index contributed by atoms with van der Waals surface area (Å²) in [4.78, 5) is 16.9. The minimum atomic E-state index is -0.558. The molecule has 0 unspecified atom stereocenters. The summed E-state index contributed by atoms with van der Waals surface area (Å²) in [5.74, 6) is 2.13. The SMILES string of the molecule is O=C(NCc1cccc(-c2ccc([C@@H]3O[C@H](CSc4ncn[nH]4)C[C@H](c4ccc(CO)cc4)O3)cc2)c1)Nc1ccc(Oc2ccccc2)cc1. The van der Waals surface area contributed by atoms with E-state index in [1.165, 1.54) is 6.33 Å². The maximum absolute atomic E-state index is 12.7. The maximum Gasteiger partial charge on any atom is 0.319 e. The second kappa shape index (κ2) is 16.5. The van der Waals surface area contributed by atoms with Gasteiger partial charge < -0.3 is 30.0 Å². The first kappa shape index (κ1) is 34.0. The van der Waals surface area contributed by atoms with Gasteiger partial charge in [-0.2, -0.15) is 5.10 Å². The minimum absolute atomic E-state index is 0.00328. The van der Waals surface area contributed by atoms with Crippen LogP contribution in [0.1, 0.15) is 41.1 Å². The van der Waals surface area contributed by atoms with Gasteiger partial charge in [-0.15, -0.1) is 0 Å². The number of aliphatic hydroxyl groups excluding tert-OH is 1. The van der Waals surface area contributed by atoms with Crippen molar-refractivity contribution >= 4 is 23.5 Å². The smallest absolute Gasteiger partial charge is 0.319 e. The molecular weight excluding hydrogens is 663 g/mol. The topological polar surface area (TPSA) is 131 Å². The van der Waals surface area contributed by atoms with Gasteiger partial charge in [0, 0.05) is 30.0 Å². The zero-order valence-corrected chi connectivity index (χ0v) is 28.5. The van der Waals surface area contributed by atoms with Crippen LogP contribution in [0.15, 0.2) is 139 Å². The van der Waals surface area contributed by atoms with E-state index in [9.17, 15) is 9.90 Å². The summed E-state index contributed by atoms with van der Waals surface area (Å²) in [6, 6.07) is 40.6. The fourth-order valence-corrected chi connectivity index (χ4v) is 6.54. The predicted octanol–water partition coefficient (Wildman–Crippen LogP) is 8.42. The van der Waals surface area contributed by atoms with Gasteiger partial charge in [0.25, 0.3) is 0 Å². The molecule has 10 nitrogen and oxygen atoms in total. The van der Waals surface area contributed by atoms with Gasteiger partial charge in [-0.1, -0.05) is 96.7 Å². The Morgan fingerprint density at radius 2 is 1.59 bits per heavy atom. The van der Waals surface area contributed by atoms with E-state index in [0.29, 0.717) is 30.2 Å². The van der Waals surface area contributed by atoms with E-state index in [1.807, 2.05) is 97.1 Å². The normalized spacial score (nSPS) is 17.1. The summed E-state index contributed by atoms with van der Waals surface area (Å²) in [7, 11) is 0. The largest absolute Gasteiger partial charge is 0.457 e. The van der Waals surface area contributed by atoms with Crippen LogP contribution < -0.4 is 15.4 Å². The highest BCUT2D eigenvalue weighted by Gasteiger charge is 2.32. The molecule has 7 rings (SSSR count). The number of nitrogens with zero attached hydrogens (tertiary/aromatic N) is 2. The number of aromatic nitrogens is 3. The molecule has 0 saturated carbocycles. The highest BCUT2D eigenvalue weighted by Crippen LogP contribution is 2.39. The first-order valence-electron chi connectivity index (χ1n) is 16.6. The van der Waals surface area contributed by atoms with Crippen LogP contribution in [0.3, 0.4) is 0 Å². The van der Waals surface area contributed by atoms with Crippen LogP contribution in [0.5, 0.6) is 11.5 Å². The Morgan fingerprint density at radius 1 is 0.824 bits per heavy atom. The third-order valence-electron chi connectivity index (χ3n) is 8.40. The number of rotatable bonds is 12. The monoisotopic (exact) mass is 699 g/mol. The van der Waals surface area contributed by atoms with Crippen LogP contribution in [0, 0.1) is 0 Å². The number of anilines is 1. The van der Waals surface area contributed by atoms with E-state index < -0.39 is 6.29 Å². The third-order valence-corrected chi connectivity index (χ3v) is 9.41. The summed E-state index contributed by atoms with van der Waals surface area (Å²) < 4.78 is 18.8. The Balaban J connectivity index is 0.965. The van der Waals surface area contributed by atoms with Gasteiger partial charge in [0.1, 0.15) is 17.8 Å². The molecule has 0 radical (unpaired) electrons. The van der Waals surface area contributed by atoms with Crippen molar-refractivity contribution in [2.45, 2.75) is 43.2 Å². The van der Waals surface area contributed by atoms with Gasteiger partial charge in [-0.05, 0) is 70.3 Å². The number of carbonyl (C=O) groups excluding carboxylic acids is 1. The maximum atomic E-state index is 12.7. The van der Waals surface area contributed by atoms with Crippen molar-refractivity contribution in [3.8, 4) is 22.6 Å². The first-order chi connectivity index (χ1) is 25.1. The van der Waals surface area contributed by atoms with Crippen molar-refractivity contribution < 1.29 is 24.1 Å². The molecule has 2 amide bonds. The van der Waals surface area contributed by atoms with Crippen molar-refractivity contribution in [3.63, 3.8) is 0 Å². The number of H-pyrrole nitrogens is 1. The van der Waals surface area contributed by atoms with Gasteiger partial charge in [0.2, 0.25) is 0 Å². The quantitative estimate of drug-likeness (QED) is 0.0937. The Hall–Kier alpha value is -5.46. The number of thioether (sulfide) groups is 1. The first-order valence-corrected chi connectivity index (χ1v) is 17.6. The van der Waals surface area contributed by atoms with Crippen molar-refractivity contribution in [1.29, 1.82) is 0 Å². The molecule has 6 aromatic rings. The molecule has 3 atom stereocenters. The van der Waals surface area contributed by atoms with E-state index in [1.54, 1.807) is 23.9 Å². The van der Waals surface area contributed by atoms with E-state index in [4.69, 9.17) is 14.2 Å². The molecule has 1 fully saturated rings. The summed E-state index contributed by atoms with van der Waals surface area (Å²) >= 11 is 1.56. The van der Waals surface area contributed by atoms with Crippen molar-refractivity contribution in [1.82, 2.24) is 20.5 Å². The Labute approximate surface area is 300 Å². The lowest BCUT2D eigenvalue weighted by Crippen LogP contribution is -2.31. The summed E-state index contributed by atoms with van der Waals surface area (Å²) in [5.41, 5.74) is 6.51.